The second kappa shape index (κ2) is 8.29. The first kappa shape index (κ1) is 18.6. The molecule has 1 rings (SSSR count). The van der Waals surface area contributed by atoms with Crippen LogP contribution in [-0.4, -0.2) is 35.8 Å². The molecule has 0 heterocycles. The van der Waals surface area contributed by atoms with Crippen molar-refractivity contribution in [1.82, 2.24) is 0 Å². The topological polar surface area (TPSA) is 133 Å². The van der Waals surface area contributed by atoms with Crippen LogP contribution in [0.5, 0.6) is 0 Å². The van der Waals surface area contributed by atoms with Crippen molar-refractivity contribution in [3.63, 3.8) is 0 Å². The monoisotopic (exact) mass is 339 g/mol. The number of benzene rings is 1. The summed E-state index contributed by atoms with van der Waals surface area (Å²) in [5.41, 5.74) is 0. The summed E-state index contributed by atoms with van der Waals surface area (Å²) in [5, 5.41) is 25.3. The molecule has 7 nitrogen and oxygen atoms in total. The van der Waals surface area contributed by atoms with Crippen molar-refractivity contribution in [2.75, 3.05) is 0 Å². The van der Waals surface area contributed by atoms with E-state index in [1.165, 1.54) is 24.3 Å². The number of aliphatic carboxylic acids is 2. The molecule has 1 aromatic carbocycles. The minimum atomic E-state index is -3.99. The first-order chi connectivity index (χ1) is 10.8. The molecule has 1 unspecified atom stereocenters. The van der Waals surface area contributed by atoms with Crippen molar-refractivity contribution in [2.45, 2.75) is 35.8 Å². The van der Waals surface area contributed by atoms with Gasteiger partial charge in [0, 0.05) is 12.8 Å². The van der Waals surface area contributed by atoms with Crippen molar-refractivity contribution < 1.29 is 28.2 Å². The summed E-state index contributed by atoms with van der Waals surface area (Å²) in [7, 11) is -3.99. The summed E-state index contributed by atoms with van der Waals surface area (Å²) in [6, 6.07) is 9.09. The maximum Gasteiger partial charge on any atom is 0.303 e. The highest BCUT2D eigenvalue weighted by Crippen LogP contribution is 2.27. The molecule has 124 valence electrons. The second-order valence-corrected chi connectivity index (χ2v) is 7.10. The van der Waals surface area contributed by atoms with E-state index in [9.17, 15) is 23.3 Å². The number of carbonyl (C=O) groups is 2. The summed E-state index contributed by atoms with van der Waals surface area (Å²) >= 11 is 0. The van der Waals surface area contributed by atoms with E-state index in [2.05, 4.69) is 0 Å². The molecule has 0 saturated heterocycles. The highest BCUT2D eigenvalue weighted by atomic mass is 32.2. The van der Waals surface area contributed by atoms with Crippen molar-refractivity contribution >= 4 is 21.8 Å². The molecule has 0 saturated carbocycles. The SMILES string of the molecule is N#CC(C(CCC(=O)O)CCC(=O)O)S(=O)(=O)c1ccccc1. The Morgan fingerprint density at radius 3 is 1.91 bits per heavy atom. The Balaban J connectivity index is 3.10. The van der Waals surface area contributed by atoms with Gasteiger partial charge in [-0.05, 0) is 30.9 Å². The van der Waals surface area contributed by atoms with Gasteiger partial charge < -0.3 is 10.2 Å². The van der Waals surface area contributed by atoms with E-state index >= 15 is 0 Å². The van der Waals surface area contributed by atoms with E-state index in [0.29, 0.717) is 0 Å². The Hall–Kier alpha value is -2.40. The number of carboxylic acids is 2. The second-order valence-electron chi connectivity index (χ2n) is 5.03. The molecule has 0 aromatic heterocycles. The van der Waals surface area contributed by atoms with Gasteiger partial charge in [-0.15, -0.1) is 0 Å². The molecule has 2 N–H and O–H groups in total. The van der Waals surface area contributed by atoms with E-state index in [4.69, 9.17) is 10.2 Å². The summed E-state index contributed by atoms with van der Waals surface area (Å²) in [6.07, 6.45) is -0.806. The predicted octanol–water partition coefficient (Wildman–Crippen LogP) is 1.70. The molecule has 0 aliphatic rings. The third-order valence-corrected chi connectivity index (χ3v) is 5.51. The van der Waals surface area contributed by atoms with E-state index in [0.717, 1.165) is 0 Å². The van der Waals surface area contributed by atoms with Crippen LogP contribution in [0.15, 0.2) is 35.2 Å². The number of sulfone groups is 1. The van der Waals surface area contributed by atoms with Crippen LogP contribution < -0.4 is 0 Å². The number of hydrogen-bond acceptors (Lipinski definition) is 5. The molecular weight excluding hydrogens is 322 g/mol. The predicted molar refractivity (Wildman–Crippen MR) is 80.3 cm³/mol. The molecule has 0 amide bonds. The molecule has 0 radical (unpaired) electrons. The van der Waals surface area contributed by atoms with Gasteiger partial charge in [-0.25, -0.2) is 8.42 Å². The van der Waals surface area contributed by atoms with E-state index in [1.54, 1.807) is 12.1 Å². The standard InChI is InChI=1S/C15H17NO6S/c16-10-13(23(21,22)12-4-2-1-3-5-12)11(6-8-14(17)18)7-9-15(19)20/h1-5,11,13H,6-9H2,(H,17,18)(H,19,20). The van der Waals surface area contributed by atoms with Gasteiger partial charge in [0.1, 0.15) is 0 Å². The van der Waals surface area contributed by atoms with Crippen LogP contribution in [0.4, 0.5) is 0 Å². The van der Waals surface area contributed by atoms with Crippen molar-refractivity contribution in [1.29, 1.82) is 5.26 Å². The van der Waals surface area contributed by atoms with E-state index < -0.39 is 32.9 Å². The third kappa shape index (κ3) is 5.38. The lowest BCUT2D eigenvalue weighted by atomic mass is 9.94. The first-order valence-electron chi connectivity index (χ1n) is 6.91. The zero-order chi connectivity index (χ0) is 17.5. The fourth-order valence-corrected chi connectivity index (χ4v) is 4.00. The zero-order valence-electron chi connectivity index (χ0n) is 12.3. The molecule has 0 spiro atoms. The van der Waals surface area contributed by atoms with Gasteiger partial charge in [0.2, 0.25) is 0 Å². The van der Waals surface area contributed by atoms with Crippen LogP contribution >= 0.6 is 0 Å². The molecule has 0 aliphatic heterocycles. The maximum atomic E-state index is 12.6. The van der Waals surface area contributed by atoms with Crippen molar-refractivity contribution in [3.05, 3.63) is 30.3 Å². The van der Waals surface area contributed by atoms with Crippen molar-refractivity contribution in [3.8, 4) is 6.07 Å². The highest BCUT2D eigenvalue weighted by Gasteiger charge is 2.35. The molecule has 8 heteroatoms. The summed E-state index contributed by atoms with van der Waals surface area (Å²) in [6.45, 7) is 0. The molecule has 1 aromatic rings. The Morgan fingerprint density at radius 2 is 1.52 bits per heavy atom. The Bertz CT molecular complexity index is 674. The molecule has 0 bridgehead atoms. The summed E-state index contributed by atoms with van der Waals surface area (Å²) in [4.78, 5) is 21.4. The largest absolute Gasteiger partial charge is 0.481 e. The number of carboxylic acid groups (broad SMARTS) is 2. The fourth-order valence-electron chi connectivity index (χ4n) is 2.25. The normalized spacial score (nSPS) is 12.5. The molecule has 23 heavy (non-hydrogen) atoms. The quantitative estimate of drug-likeness (QED) is 0.699. The lowest BCUT2D eigenvalue weighted by Crippen LogP contribution is -2.30. The van der Waals surface area contributed by atoms with Gasteiger partial charge in [-0.1, -0.05) is 18.2 Å². The number of nitrogens with zero attached hydrogens (tertiary/aromatic N) is 1. The Labute approximate surface area is 134 Å². The van der Waals surface area contributed by atoms with Gasteiger partial charge in [-0.2, -0.15) is 5.26 Å². The lowest BCUT2D eigenvalue weighted by molar-refractivity contribution is -0.137. The number of hydrogen-bond donors (Lipinski definition) is 2. The summed E-state index contributed by atoms with van der Waals surface area (Å²) < 4.78 is 25.2. The zero-order valence-corrected chi connectivity index (χ0v) is 13.1. The maximum absolute atomic E-state index is 12.6. The molecule has 0 fully saturated rings. The van der Waals surface area contributed by atoms with Gasteiger partial charge in [0.25, 0.3) is 0 Å². The van der Waals surface area contributed by atoms with Gasteiger partial charge in [0.15, 0.2) is 15.1 Å². The molecule has 0 aliphatic carbocycles. The van der Waals surface area contributed by atoms with Crippen LogP contribution in [0.1, 0.15) is 25.7 Å². The van der Waals surface area contributed by atoms with Crippen LogP contribution in [-0.2, 0) is 19.4 Å². The van der Waals surface area contributed by atoms with Crippen molar-refractivity contribution in [2.24, 2.45) is 5.92 Å². The Morgan fingerprint density at radius 1 is 1.04 bits per heavy atom. The van der Waals surface area contributed by atoms with Crippen LogP contribution in [0.25, 0.3) is 0 Å². The fraction of sp³-hybridized carbons (Fsp3) is 0.400. The third-order valence-electron chi connectivity index (χ3n) is 3.42. The van der Waals surface area contributed by atoms with Gasteiger partial charge >= 0.3 is 11.9 Å². The smallest absolute Gasteiger partial charge is 0.303 e. The average Bonchev–Trinajstić information content (AvgIpc) is 2.50. The Kier molecular flexibility index (Phi) is 6.72. The molecule has 1 atom stereocenters. The average molecular weight is 339 g/mol. The highest BCUT2D eigenvalue weighted by molar-refractivity contribution is 7.92. The van der Waals surface area contributed by atoms with E-state index in [1.807, 2.05) is 0 Å². The minimum Gasteiger partial charge on any atom is -0.481 e. The molecular formula is C15H17NO6S. The lowest BCUT2D eigenvalue weighted by Gasteiger charge is -2.21. The van der Waals surface area contributed by atoms with Gasteiger partial charge in [-0.3, -0.25) is 9.59 Å². The minimum absolute atomic E-state index is 0.0396. The van der Waals surface area contributed by atoms with Crippen LogP contribution in [0, 0.1) is 17.2 Å². The van der Waals surface area contributed by atoms with Crippen LogP contribution in [0.3, 0.4) is 0 Å². The number of rotatable bonds is 9. The van der Waals surface area contributed by atoms with E-state index in [-0.39, 0.29) is 30.6 Å². The van der Waals surface area contributed by atoms with Gasteiger partial charge in [0.05, 0.1) is 11.0 Å². The van der Waals surface area contributed by atoms with Crippen LogP contribution in [0.2, 0.25) is 0 Å². The first-order valence-corrected chi connectivity index (χ1v) is 8.45. The summed E-state index contributed by atoms with van der Waals surface area (Å²) in [5.74, 6) is -3.12. The number of nitriles is 1.